The van der Waals surface area contributed by atoms with Crippen LogP contribution in [0.15, 0.2) is 70.6 Å². The van der Waals surface area contributed by atoms with Crippen LogP contribution in [0.4, 0.5) is 0 Å². The van der Waals surface area contributed by atoms with Crippen LogP contribution in [0, 0.1) is 0 Å². The minimum Gasteiger partial charge on any atom is -0.483 e. The second-order valence-electron chi connectivity index (χ2n) is 4.74. The van der Waals surface area contributed by atoms with Crippen LogP contribution in [-0.2, 0) is 9.84 Å². The third kappa shape index (κ3) is 2.83. The Bertz CT molecular complexity index is 740. The first-order valence-electron chi connectivity index (χ1n) is 6.74. The molecule has 0 aliphatic carbocycles. The third-order valence-electron chi connectivity index (χ3n) is 3.28. The van der Waals surface area contributed by atoms with E-state index >= 15 is 0 Å². The lowest BCUT2D eigenvalue weighted by atomic mass is 10.3. The molecule has 0 N–H and O–H groups in total. The van der Waals surface area contributed by atoms with Gasteiger partial charge in [0.2, 0.25) is 9.84 Å². The van der Waals surface area contributed by atoms with Gasteiger partial charge >= 0.3 is 0 Å². The first kappa shape index (κ1) is 13.8. The molecular formula is C16H15NO3S. The van der Waals surface area contributed by atoms with E-state index in [-0.39, 0.29) is 9.94 Å². The van der Waals surface area contributed by atoms with E-state index < -0.39 is 15.9 Å². The van der Waals surface area contributed by atoms with Crippen molar-refractivity contribution in [2.45, 2.75) is 17.4 Å². The van der Waals surface area contributed by atoms with Crippen molar-refractivity contribution >= 4 is 14.9 Å². The lowest BCUT2D eigenvalue weighted by Gasteiger charge is -2.16. The number of hydrogen-bond acceptors (Lipinski definition) is 4. The molecule has 2 aromatic carbocycles. The molecule has 108 valence electrons. The fourth-order valence-electron chi connectivity index (χ4n) is 2.27. The molecule has 1 heterocycles. The van der Waals surface area contributed by atoms with Gasteiger partial charge in [0.05, 0.1) is 4.90 Å². The molecule has 0 aromatic heterocycles. The molecule has 4 nitrogen and oxygen atoms in total. The minimum absolute atomic E-state index is 0.123. The van der Waals surface area contributed by atoms with E-state index in [1.807, 2.05) is 30.3 Å². The number of para-hydroxylation sites is 1. The first-order chi connectivity index (χ1) is 10.2. The summed E-state index contributed by atoms with van der Waals surface area (Å²) in [5.41, 5.74) is 0. The maximum absolute atomic E-state index is 12.6. The number of hydrogen-bond donors (Lipinski definition) is 0. The highest BCUT2D eigenvalue weighted by Crippen LogP contribution is 2.23. The van der Waals surface area contributed by atoms with Crippen molar-refractivity contribution in [1.82, 2.24) is 0 Å². The van der Waals surface area contributed by atoms with Gasteiger partial charge in [-0.05, 0) is 24.3 Å². The molecule has 1 unspecified atom stereocenters. The van der Waals surface area contributed by atoms with Gasteiger partial charge in [0.25, 0.3) is 0 Å². The monoisotopic (exact) mass is 301 g/mol. The summed E-state index contributed by atoms with van der Waals surface area (Å²) in [6.07, 6.45) is 0.0635. The molecule has 0 spiro atoms. The van der Waals surface area contributed by atoms with Crippen LogP contribution in [0.3, 0.4) is 0 Å². The Morgan fingerprint density at radius 2 is 1.57 bits per heavy atom. The smallest absolute Gasteiger partial charge is 0.223 e. The van der Waals surface area contributed by atoms with Gasteiger partial charge in [-0.2, -0.15) is 0 Å². The Morgan fingerprint density at radius 1 is 0.952 bits per heavy atom. The Hall–Kier alpha value is -2.14. The van der Waals surface area contributed by atoms with Crippen LogP contribution in [0.25, 0.3) is 0 Å². The van der Waals surface area contributed by atoms with Crippen LogP contribution in [0.1, 0.15) is 6.42 Å². The Labute approximate surface area is 124 Å². The van der Waals surface area contributed by atoms with Crippen molar-refractivity contribution in [2.24, 2.45) is 4.99 Å². The number of aliphatic imine (C=N–C) groups is 1. The van der Waals surface area contributed by atoms with Crippen LogP contribution in [-0.4, -0.2) is 26.1 Å². The minimum atomic E-state index is -3.58. The summed E-state index contributed by atoms with van der Waals surface area (Å²) in [4.78, 5) is 4.42. The molecular weight excluding hydrogens is 286 g/mol. The van der Waals surface area contributed by atoms with Crippen molar-refractivity contribution in [3.63, 3.8) is 0 Å². The molecule has 21 heavy (non-hydrogen) atoms. The quantitative estimate of drug-likeness (QED) is 0.876. The molecule has 1 aliphatic heterocycles. The third-order valence-corrected chi connectivity index (χ3v) is 5.12. The van der Waals surface area contributed by atoms with E-state index in [1.54, 1.807) is 30.3 Å². The summed E-state index contributed by atoms with van der Waals surface area (Å²) in [7, 11) is -3.58. The second-order valence-corrected chi connectivity index (χ2v) is 6.64. The van der Waals surface area contributed by atoms with Crippen LogP contribution >= 0.6 is 0 Å². The maximum Gasteiger partial charge on any atom is 0.223 e. The van der Waals surface area contributed by atoms with Crippen molar-refractivity contribution in [3.8, 4) is 5.75 Å². The number of sulfone groups is 1. The van der Waals surface area contributed by atoms with Gasteiger partial charge in [-0.1, -0.05) is 36.4 Å². The van der Waals surface area contributed by atoms with Gasteiger partial charge in [0.1, 0.15) is 5.75 Å². The zero-order valence-electron chi connectivity index (χ0n) is 11.3. The first-order valence-corrected chi connectivity index (χ1v) is 8.22. The standard InChI is InChI=1S/C16H15NO3S/c18-21(19,14-9-5-2-6-10-14)16-15(11-12-17-16)20-13-7-3-1-4-8-13/h1-10,15H,11-12H2. The average Bonchev–Trinajstić information content (AvgIpc) is 2.98. The summed E-state index contributed by atoms with van der Waals surface area (Å²) < 4.78 is 31.0. The summed E-state index contributed by atoms with van der Waals surface area (Å²) in [6.45, 7) is 0.471. The van der Waals surface area contributed by atoms with Crippen LogP contribution in [0.2, 0.25) is 0 Å². The van der Waals surface area contributed by atoms with Gasteiger partial charge in [-0.15, -0.1) is 0 Å². The zero-order chi connectivity index (χ0) is 14.7. The molecule has 2 aromatic rings. The highest BCUT2D eigenvalue weighted by molar-refractivity contribution is 8.06. The van der Waals surface area contributed by atoms with E-state index in [2.05, 4.69) is 4.99 Å². The summed E-state index contributed by atoms with van der Waals surface area (Å²) >= 11 is 0. The fraction of sp³-hybridized carbons (Fsp3) is 0.188. The van der Waals surface area contributed by atoms with Gasteiger partial charge in [-0.3, -0.25) is 4.99 Å². The van der Waals surface area contributed by atoms with Crippen molar-refractivity contribution in [1.29, 1.82) is 0 Å². The molecule has 0 bridgehead atoms. The molecule has 0 saturated heterocycles. The van der Waals surface area contributed by atoms with Crippen molar-refractivity contribution in [2.75, 3.05) is 6.54 Å². The SMILES string of the molecule is O=S(=O)(C1=NCCC1Oc1ccccc1)c1ccccc1. The maximum atomic E-state index is 12.6. The Kier molecular flexibility index (Phi) is 3.75. The average molecular weight is 301 g/mol. The largest absolute Gasteiger partial charge is 0.483 e. The van der Waals surface area contributed by atoms with Crippen molar-refractivity contribution < 1.29 is 13.2 Å². The number of benzene rings is 2. The van der Waals surface area contributed by atoms with E-state index in [9.17, 15) is 8.42 Å². The lowest BCUT2D eigenvalue weighted by Crippen LogP contribution is -2.30. The molecule has 1 aliphatic rings. The molecule has 0 radical (unpaired) electrons. The molecule has 3 rings (SSSR count). The number of ether oxygens (including phenoxy) is 1. The van der Waals surface area contributed by atoms with E-state index in [0.717, 1.165) is 0 Å². The number of rotatable bonds is 3. The summed E-state index contributed by atoms with van der Waals surface area (Å²) in [5, 5.41) is 0.123. The normalized spacial score (nSPS) is 18.3. The molecule has 1 atom stereocenters. The van der Waals surface area contributed by atoms with Crippen LogP contribution in [0.5, 0.6) is 5.75 Å². The second kappa shape index (κ2) is 5.69. The van der Waals surface area contributed by atoms with Crippen LogP contribution < -0.4 is 4.74 Å². The van der Waals surface area contributed by atoms with E-state index in [0.29, 0.717) is 18.7 Å². The Morgan fingerprint density at radius 3 is 2.24 bits per heavy atom. The predicted molar refractivity (Wildman–Crippen MR) is 81.4 cm³/mol. The topological polar surface area (TPSA) is 55.7 Å². The Balaban J connectivity index is 1.88. The highest BCUT2D eigenvalue weighted by Gasteiger charge is 2.34. The molecule has 5 heteroatoms. The molecule has 0 fully saturated rings. The van der Waals surface area contributed by atoms with Gasteiger partial charge in [0.15, 0.2) is 11.1 Å². The number of nitrogens with zero attached hydrogens (tertiary/aromatic N) is 1. The lowest BCUT2D eigenvalue weighted by molar-refractivity contribution is 0.270. The predicted octanol–water partition coefficient (Wildman–Crippen LogP) is 2.71. The van der Waals surface area contributed by atoms with Gasteiger partial charge in [0, 0.05) is 13.0 Å². The van der Waals surface area contributed by atoms with Gasteiger partial charge in [-0.25, -0.2) is 8.42 Å². The van der Waals surface area contributed by atoms with Gasteiger partial charge < -0.3 is 4.74 Å². The summed E-state index contributed by atoms with van der Waals surface area (Å²) in [5.74, 6) is 0.653. The fourth-order valence-corrected chi connectivity index (χ4v) is 3.80. The zero-order valence-corrected chi connectivity index (χ0v) is 12.2. The molecule has 0 amide bonds. The van der Waals surface area contributed by atoms with Crippen molar-refractivity contribution in [3.05, 3.63) is 60.7 Å². The van der Waals surface area contributed by atoms with E-state index in [1.165, 1.54) is 0 Å². The van der Waals surface area contributed by atoms with E-state index in [4.69, 9.17) is 4.74 Å². The highest BCUT2D eigenvalue weighted by atomic mass is 32.2. The summed E-state index contributed by atoms with van der Waals surface area (Å²) in [6, 6.07) is 17.6. The molecule has 0 saturated carbocycles.